The molecule has 0 spiro atoms. The summed E-state index contributed by atoms with van der Waals surface area (Å²) < 4.78 is 11.3. The van der Waals surface area contributed by atoms with E-state index in [9.17, 15) is 0 Å². The van der Waals surface area contributed by atoms with Crippen molar-refractivity contribution in [3.8, 4) is 39.9 Å². The molecule has 7 aromatic carbocycles. The predicted octanol–water partition coefficient (Wildman–Crippen LogP) is 13.6. The molecular weight excluding hydrogens is 693 g/mol. The largest absolute Gasteiger partial charge is 0.456 e. The monoisotopic (exact) mass is 726 g/mol. The Bertz CT molecular complexity index is 3240. The number of furan rings is 1. The van der Waals surface area contributed by atoms with Crippen molar-refractivity contribution in [3.05, 3.63) is 157 Å². The molecule has 0 saturated carbocycles. The van der Waals surface area contributed by atoms with Crippen LogP contribution in [0.25, 0.3) is 104 Å². The standard InChI is InChI=1S/C49H34N4OS/c1-2-3-11-30-20-22-31(23-21-30)47-50-48(52-49(51-47)38-15-10-18-41-44(38)36-13-5-8-17-40(36)54-41)32-24-26-33(27-25-32)53-39-16-7-4-12-34(39)35-28-29-43-45(46(35)53)37-14-6-9-19-42(37)55-43/h4-10,12-29H,2-3,11H2,1H3. The van der Waals surface area contributed by atoms with Crippen LogP contribution in [0.3, 0.4) is 0 Å². The van der Waals surface area contributed by atoms with Gasteiger partial charge >= 0.3 is 0 Å². The van der Waals surface area contributed by atoms with Gasteiger partial charge in [0.2, 0.25) is 0 Å². The molecule has 0 amide bonds. The van der Waals surface area contributed by atoms with E-state index in [1.807, 2.05) is 41.7 Å². The maximum absolute atomic E-state index is 6.27. The summed E-state index contributed by atoms with van der Waals surface area (Å²) in [5.41, 5.74) is 9.28. The third kappa shape index (κ3) is 5.17. The van der Waals surface area contributed by atoms with Gasteiger partial charge in [0.25, 0.3) is 0 Å². The summed E-state index contributed by atoms with van der Waals surface area (Å²) in [5.74, 6) is 1.88. The van der Waals surface area contributed by atoms with Gasteiger partial charge in [-0.3, -0.25) is 0 Å². The molecule has 11 aromatic rings. The van der Waals surface area contributed by atoms with E-state index in [4.69, 9.17) is 19.4 Å². The number of fused-ring (bicyclic) bond motifs is 10. The van der Waals surface area contributed by atoms with Gasteiger partial charge in [0.05, 0.1) is 11.0 Å². The summed E-state index contributed by atoms with van der Waals surface area (Å²) in [5, 5.41) is 7.13. The third-order valence-corrected chi connectivity index (χ3v) is 12.0. The predicted molar refractivity (Wildman–Crippen MR) is 229 cm³/mol. The number of aromatic nitrogens is 4. The highest BCUT2D eigenvalue weighted by Gasteiger charge is 2.20. The number of para-hydroxylation sites is 2. The fourth-order valence-electron chi connectivity index (χ4n) is 8.21. The summed E-state index contributed by atoms with van der Waals surface area (Å²) in [4.78, 5) is 15.5. The van der Waals surface area contributed by atoms with Gasteiger partial charge in [-0.25, -0.2) is 15.0 Å². The van der Waals surface area contributed by atoms with Crippen LogP contribution >= 0.6 is 11.3 Å². The fourth-order valence-corrected chi connectivity index (χ4v) is 9.32. The summed E-state index contributed by atoms with van der Waals surface area (Å²) >= 11 is 1.85. The molecular formula is C49H34N4OS. The summed E-state index contributed by atoms with van der Waals surface area (Å²) in [6.07, 6.45) is 3.40. The third-order valence-electron chi connectivity index (χ3n) is 10.9. The molecule has 0 N–H and O–H groups in total. The first-order valence-electron chi connectivity index (χ1n) is 18.9. The van der Waals surface area contributed by atoms with Gasteiger partial charge in [-0.05, 0) is 73.0 Å². The van der Waals surface area contributed by atoms with Crippen LogP contribution in [0.1, 0.15) is 25.3 Å². The second-order valence-corrected chi connectivity index (χ2v) is 15.3. The van der Waals surface area contributed by atoms with E-state index < -0.39 is 0 Å². The van der Waals surface area contributed by atoms with Crippen molar-refractivity contribution in [2.45, 2.75) is 26.2 Å². The highest BCUT2D eigenvalue weighted by Crippen LogP contribution is 2.43. The minimum absolute atomic E-state index is 0.616. The SMILES string of the molecule is CCCCc1ccc(-c2nc(-c3ccc(-n4c5ccccc5c5ccc6sc7ccccc7c6c54)cc3)nc(-c3cccc4oc5ccccc5c34)n2)cc1. The first kappa shape index (κ1) is 31.9. The van der Waals surface area contributed by atoms with Gasteiger partial charge in [0.1, 0.15) is 11.2 Å². The molecule has 0 aliphatic carbocycles. The quantitative estimate of drug-likeness (QED) is 0.164. The Kier molecular flexibility index (Phi) is 7.39. The Morgan fingerprint density at radius 2 is 1.20 bits per heavy atom. The minimum Gasteiger partial charge on any atom is -0.456 e. The van der Waals surface area contributed by atoms with E-state index in [0.717, 1.165) is 50.7 Å². The molecule has 4 aromatic heterocycles. The Labute approximate surface area is 321 Å². The smallest absolute Gasteiger partial charge is 0.164 e. The van der Waals surface area contributed by atoms with Crippen molar-refractivity contribution in [3.63, 3.8) is 0 Å². The average Bonchev–Trinajstić information content (AvgIpc) is 3.92. The number of benzene rings is 7. The molecule has 6 heteroatoms. The van der Waals surface area contributed by atoms with Crippen LogP contribution in [0.4, 0.5) is 0 Å². The molecule has 0 fully saturated rings. The van der Waals surface area contributed by atoms with Crippen LogP contribution in [-0.4, -0.2) is 19.5 Å². The second-order valence-electron chi connectivity index (χ2n) is 14.2. The fraction of sp³-hybridized carbons (Fsp3) is 0.0816. The first-order valence-corrected chi connectivity index (χ1v) is 19.7. The van der Waals surface area contributed by atoms with Crippen molar-refractivity contribution >= 4 is 75.3 Å². The number of rotatable bonds is 7. The summed E-state index contributed by atoms with van der Waals surface area (Å²) in [6, 6.07) is 53.7. The van der Waals surface area contributed by atoms with Gasteiger partial charge in [-0.2, -0.15) is 0 Å². The second kappa shape index (κ2) is 12.8. The first-order chi connectivity index (χ1) is 27.2. The van der Waals surface area contributed by atoms with Crippen LogP contribution in [0.2, 0.25) is 0 Å². The summed E-state index contributed by atoms with van der Waals surface area (Å²) in [6.45, 7) is 2.23. The van der Waals surface area contributed by atoms with Crippen LogP contribution in [0, 0.1) is 0 Å². The number of nitrogens with zero attached hydrogens (tertiary/aromatic N) is 4. The topological polar surface area (TPSA) is 56.7 Å². The van der Waals surface area contributed by atoms with E-state index >= 15 is 0 Å². The lowest BCUT2D eigenvalue weighted by Crippen LogP contribution is -2.01. The molecule has 4 heterocycles. The van der Waals surface area contributed by atoms with Gasteiger partial charge < -0.3 is 8.98 Å². The zero-order valence-electron chi connectivity index (χ0n) is 30.2. The number of hydrogen-bond donors (Lipinski definition) is 0. The van der Waals surface area contributed by atoms with Gasteiger partial charge in [-0.15, -0.1) is 11.3 Å². The van der Waals surface area contributed by atoms with Crippen molar-refractivity contribution in [2.24, 2.45) is 0 Å². The molecule has 0 aliphatic rings. The maximum Gasteiger partial charge on any atom is 0.164 e. The molecule has 55 heavy (non-hydrogen) atoms. The molecule has 5 nitrogen and oxygen atoms in total. The maximum atomic E-state index is 6.27. The van der Waals surface area contributed by atoms with E-state index in [2.05, 4.69) is 133 Å². The molecule has 0 bridgehead atoms. The molecule has 0 radical (unpaired) electrons. The molecule has 0 unspecified atom stereocenters. The van der Waals surface area contributed by atoms with E-state index in [0.29, 0.717) is 17.5 Å². The lowest BCUT2D eigenvalue weighted by atomic mass is 10.0. The van der Waals surface area contributed by atoms with Crippen molar-refractivity contribution in [1.29, 1.82) is 0 Å². The van der Waals surface area contributed by atoms with Crippen LogP contribution < -0.4 is 0 Å². The van der Waals surface area contributed by atoms with Gasteiger partial charge in [0.15, 0.2) is 17.5 Å². The Morgan fingerprint density at radius 1 is 0.527 bits per heavy atom. The average molecular weight is 727 g/mol. The minimum atomic E-state index is 0.616. The van der Waals surface area contributed by atoms with Crippen molar-refractivity contribution in [1.82, 2.24) is 19.5 Å². The number of thiophene rings is 1. The zero-order valence-corrected chi connectivity index (χ0v) is 31.0. The van der Waals surface area contributed by atoms with Gasteiger partial charge in [-0.1, -0.05) is 110 Å². The van der Waals surface area contributed by atoms with Crippen molar-refractivity contribution in [2.75, 3.05) is 0 Å². The highest BCUT2D eigenvalue weighted by atomic mass is 32.1. The molecule has 262 valence electrons. The molecule has 0 saturated heterocycles. The Hall–Kier alpha value is -6.63. The highest BCUT2D eigenvalue weighted by molar-refractivity contribution is 7.26. The van der Waals surface area contributed by atoms with Crippen LogP contribution in [0.15, 0.2) is 156 Å². The molecule has 0 aliphatic heterocycles. The number of unbranched alkanes of at least 4 members (excludes halogenated alkanes) is 1. The van der Waals surface area contributed by atoms with E-state index in [1.165, 1.54) is 60.4 Å². The number of aryl methyl sites for hydroxylation is 1. The van der Waals surface area contributed by atoms with Crippen LogP contribution in [-0.2, 0) is 6.42 Å². The molecule has 0 atom stereocenters. The molecule has 11 rings (SSSR count). The Balaban J connectivity index is 1.09. The Morgan fingerprint density at radius 3 is 2.00 bits per heavy atom. The normalized spacial score (nSPS) is 11.9. The van der Waals surface area contributed by atoms with Gasteiger partial charge in [0, 0.05) is 64.1 Å². The zero-order chi connectivity index (χ0) is 36.5. The number of hydrogen-bond acceptors (Lipinski definition) is 5. The van der Waals surface area contributed by atoms with Crippen LogP contribution in [0.5, 0.6) is 0 Å². The van der Waals surface area contributed by atoms with E-state index in [1.54, 1.807) is 0 Å². The lowest BCUT2D eigenvalue weighted by Gasteiger charge is -2.12. The lowest BCUT2D eigenvalue weighted by molar-refractivity contribution is 0.669. The van der Waals surface area contributed by atoms with E-state index in [-0.39, 0.29) is 0 Å². The van der Waals surface area contributed by atoms with Crippen molar-refractivity contribution < 1.29 is 4.42 Å². The summed E-state index contributed by atoms with van der Waals surface area (Å²) in [7, 11) is 0.